The van der Waals surface area contributed by atoms with Crippen LogP contribution in [-0.2, 0) is 11.3 Å². The molecular formula is C22H24N6O2. The molecule has 1 amide bonds. The number of nitrogens with zero attached hydrogens (tertiary/aromatic N) is 4. The molecule has 0 unspecified atom stereocenters. The molecule has 0 saturated carbocycles. The van der Waals surface area contributed by atoms with Crippen LogP contribution in [0.15, 0.2) is 48.5 Å². The Bertz CT molecular complexity index is 1230. The molecule has 0 fully saturated rings. The molecule has 2 N–H and O–H groups in total. The quantitative estimate of drug-likeness (QED) is 0.525. The second-order valence-electron chi connectivity index (χ2n) is 8.04. The van der Waals surface area contributed by atoms with Crippen molar-refractivity contribution in [2.45, 2.75) is 39.8 Å². The van der Waals surface area contributed by atoms with Gasteiger partial charge in [-0.05, 0) is 57.5 Å². The molecule has 8 nitrogen and oxygen atoms in total. The summed E-state index contributed by atoms with van der Waals surface area (Å²) in [5.74, 6) is 1.41. The van der Waals surface area contributed by atoms with E-state index in [-0.39, 0.29) is 0 Å². The molecule has 0 aliphatic carbocycles. The monoisotopic (exact) mass is 404 g/mol. The maximum atomic E-state index is 11.9. The minimum atomic E-state index is -0.531. The van der Waals surface area contributed by atoms with Gasteiger partial charge >= 0.3 is 6.09 Å². The Hall–Kier alpha value is -3.68. The summed E-state index contributed by atoms with van der Waals surface area (Å²) in [5.41, 5.74) is 3.69. The number of anilines is 2. The average Bonchev–Trinajstić information content (AvgIpc) is 3.08. The second kappa shape index (κ2) is 7.62. The fourth-order valence-electron chi connectivity index (χ4n) is 3.19. The summed E-state index contributed by atoms with van der Waals surface area (Å²) in [6, 6.07) is 15.6. The number of rotatable bonds is 4. The first-order valence-electron chi connectivity index (χ1n) is 9.73. The highest BCUT2D eigenvalue weighted by atomic mass is 16.6. The van der Waals surface area contributed by atoms with Gasteiger partial charge < -0.3 is 15.4 Å². The van der Waals surface area contributed by atoms with Gasteiger partial charge in [0.1, 0.15) is 11.4 Å². The van der Waals surface area contributed by atoms with Crippen LogP contribution in [0.4, 0.5) is 16.3 Å². The van der Waals surface area contributed by atoms with Crippen molar-refractivity contribution in [2.75, 3.05) is 5.32 Å². The molecule has 4 rings (SSSR count). The first-order chi connectivity index (χ1) is 14.3. The number of aryl methyl sites for hydroxylation is 1. The maximum absolute atomic E-state index is 11.9. The highest BCUT2D eigenvalue weighted by Gasteiger charge is 2.16. The van der Waals surface area contributed by atoms with Crippen LogP contribution in [0.3, 0.4) is 0 Å². The van der Waals surface area contributed by atoms with Gasteiger partial charge in [-0.15, -0.1) is 10.2 Å². The molecule has 2 heterocycles. The molecule has 2 aromatic heterocycles. The van der Waals surface area contributed by atoms with E-state index in [4.69, 9.17) is 9.72 Å². The topological polar surface area (TPSA) is 93.4 Å². The number of carbonyl (C=O) groups is 1. The minimum Gasteiger partial charge on any atom is -0.444 e. The Morgan fingerprint density at radius 3 is 2.70 bits per heavy atom. The molecule has 0 saturated heterocycles. The third-order valence-corrected chi connectivity index (χ3v) is 4.42. The number of nitrogens with one attached hydrogen (secondary N) is 2. The molecule has 0 bridgehead atoms. The van der Waals surface area contributed by atoms with Gasteiger partial charge in [0.05, 0.1) is 11.0 Å². The summed E-state index contributed by atoms with van der Waals surface area (Å²) < 4.78 is 7.27. The maximum Gasteiger partial charge on any atom is 0.407 e. The Labute approximate surface area is 174 Å². The summed E-state index contributed by atoms with van der Waals surface area (Å²) >= 11 is 0. The average molecular weight is 404 g/mol. The Kier molecular flexibility index (Phi) is 4.99. The number of alkyl carbamates (subject to hydrolysis) is 1. The molecule has 0 spiro atoms. The van der Waals surface area contributed by atoms with Crippen molar-refractivity contribution in [3.05, 3.63) is 59.9 Å². The molecule has 2 aromatic carbocycles. The lowest BCUT2D eigenvalue weighted by Gasteiger charge is -2.19. The molecular weight excluding hydrogens is 380 g/mol. The standard InChI is InChI=1S/C22H24N6O2/c1-14-26-27-20-19(25-17-10-5-6-11-18(17)28(14)20)24-16-9-7-8-15(12-16)13-23-21(29)30-22(2,3)4/h5-12H,13H2,1-4H3,(H,23,29)(H,24,25). The molecule has 154 valence electrons. The second-order valence-corrected chi connectivity index (χ2v) is 8.04. The molecule has 0 aliphatic rings. The summed E-state index contributed by atoms with van der Waals surface area (Å²) in [4.78, 5) is 16.6. The van der Waals surface area contributed by atoms with Crippen molar-refractivity contribution in [3.8, 4) is 0 Å². The summed E-state index contributed by atoms with van der Waals surface area (Å²) in [7, 11) is 0. The normalized spacial score (nSPS) is 11.6. The molecule has 0 atom stereocenters. The van der Waals surface area contributed by atoms with Crippen molar-refractivity contribution in [1.82, 2.24) is 24.9 Å². The first-order valence-corrected chi connectivity index (χ1v) is 9.73. The summed E-state index contributed by atoms with van der Waals surface area (Å²) in [6.07, 6.45) is -0.447. The van der Waals surface area contributed by atoms with Crippen LogP contribution in [0, 0.1) is 6.92 Å². The zero-order chi connectivity index (χ0) is 21.3. The van der Waals surface area contributed by atoms with E-state index in [0.29, 0.717) is 18.0 Å². The molecule has 4 aromatic rings. The van der Waals surface area contributed by atoms with Gasteiger partial charge in [0.25, 0.3) is 0 Å². The molecule has 0 aliphatic heterocycles. The highest BCUT2D eigenvalue weighted by Crippen LogP contribution is 2.24. The Morgan fingerprint density at radius 2 is 1.90 bits per heavy atom. The fourth-order valence-corrected chi connectivity index (χ4v) is 3.19. The van der Waals surface area contributed by atoms with Gasteiger partial charge in [-0.25, -0.2) is 9.78 Å². The van der Waals surface area contributed by atoms with Gasteiger partial charge in [-0.1, -0.05) is 24.3 Å². The number of amides is 1. The van der Waals surface area contributed by atoms with Crippen LogP contribution in [0.5, 0.6) is 0 Å². The minimum absolute atomic E-state index is 0.356. The zero-order valence-electron chi connectivity index (χ0n) is 17.4. The van der Waals surface area contributed by atoms with Crippen molar-refractivity contribution >= 4 is 34.3 Å². The van der Waals surface area contributed by atoms with Crippen LogP contribution in [0.25, 0.3) is 16.7 Å². The fraction of sp³-hybridized carbons (Fsp3) is 0.273. The highest BCUT2D eigenvalue weighted by molar-refractivity contribution is 5.84. The van der Waals surface area contributed by atoms with Crippen LogP contribution in [0.2, 0.25) is 0 Å². The van der Waals surface area contributed by atoms with Gasteiger partial charge in [0.2, 0.25) is 5.65 Å². The predicted octanol–water partition coefficient (Wildman–Crippen LogP) is 4.35. The van der Waals surface area contributed by atoms with Crippen molar-refractivity contribution in [3.63, 3.8) is 0 Å². The van der Waals surface area contributed by atoms with Crippen LogP contribution in [0.1, 0.15) is 32.2 Å². The summed E-state index contributed by atoms with van der Waals surface area (Å²) in [6.45, 7) is 7.77. The Balaban J connectivity index is 1.58. The zero-order valence-corrected chi connectivity index (χ0v) is 17.4. The van der Waals surface area contributed by atoms with E-state index >= 15 is 0 Å². The number of aromatic nitrogens is 4. The van der Waals surface area contributed by atoms with E-state index in [2.05, 4.69) is 20.8 Å². The van der Waals surface area contributed by atoms with E-state index in [0.717, 1.165) is 28.1 Å². The Morgan fingerprint density at radius 1 is 1.10 bits per heavy atom. The lowest BCUT2D eigenvalue weighted by molar-refractivity contribution is 0.0523. The van der Waals surface area contributed by atoms with Crippen molar-refractivity contribution in [2.24, 2.45) is 0 Å². The van der Waals surface area contributed by atoms with Crippen LogP contribution < -0.4 is 10.6 Å². The SMILES string of the molecule is Cc1nnc2c(Nc3cccc(CNC(=O)OC(C)(C)C)c3)nc3ccccc3n12. The van der Waals surface area contributed by atoms with Crippen LogP contribution >= 0.6 is 0 Å². The smallest absolute Gasteiger partial charge is 0.407 e. The first kappa shape index (κ1) is 19.6. The van der Waals surface area contributed by atoms with Crippen LogP contribution in [-0.4, -0.2) is 31.3 Å². The number of hydrogen-bond acceptors (Lipinski definition) is 6. The van der Waals surface area contributed by atoms with E-state index in [1.54, 1.807) is 0 Å². The number of fused-ring (bicyclic) bond motifs is 3. The molecule has 8 heteroatoms. The lowest BCUT2D eigenvalue weighted by atomic mass is 10.2. The number of carbonyl (C=O) groups excluding carboxylic acids is 1. The van der Waals surface area contributed by atoms with E-state index in [1.165, 1.54) is 0 Å². The van der Waals surface area contributed by atoms with Crippen molar-refractivity contribution in [1.29, 1.82) is 0 Å². The lowest BCUT2D eigenvalue weighted by Crippen LogP contribution is -2.32. The number of benzene rings is 2. The van der Waals surface area contributed by atoms with E-state index in [1.807, 2.05) is 80.6 Å². The number of ether oxygens (including phenoxy) is 1. The van der Waals surface area contributed by atoms with Gasteiger partial charge in [0.15, 0.2) is 5.82 Å². The van der Waals surface area contributed by atoms with Gasteiger partial charge in [0, 0.05) is 12.2 Å². The van der Waals surface area contributed by atoms with Gasteiger partial charge in [-0.2, -0.15) is 0 Å². The molecule has 30 heavy (non-hydrogen) atoms. The summed E-state index contributed by atoms with van der Waals surface area (Å²) in [5, 5.41) is 14.6. The van der Waals surface area contributed by atoms with Gasteiger partial charge in [-0.3, -0.25) is 4.40 Å². The van der Waals surface area contributed by atoms with E-state index < -0.39 is 11.7 Å². The molecule has 0 radical (unpaired) electrons. The number of para-hydroxylation sites is 2. The van der Waals surface area contributed by atoms with E-state index in [9.17, 15) is 4.79 Å². The third kappa shape index (κ3) is 4.17. The van der Waals surface area contributed by atoms with Crippen molar-refractivity contribution < 1.29 is 9.53 Å². The third-order valence-electron chi connectivity index (χ3n) is 4.42. The number of hydrogen-bond donors (Lipinski definition) is 2. The largest absolute Gasteiger partial charge is 0.444 e. The predicted molar refractivity (Wildman–Crippen MR) is 116 cm³/mol.